The smallest absolute Gasteiger partial charge is 0 e. The van der Waals surface area contributed by atoms with E-state index in [1.54, 1.807) is 0 Å². The monoisotopic (exact) mass is 258 g/mol. The standard InChI is InChI=1S/2C3H5.2ClH.Pd/c2*1-3-2;;;/h2*3H,1-2H2;2*1H;/p-2. The summed E-state index contributed by atoms with van der Waals surface area (Å²) in [6.07, 6.45) is 3.00. The molecule has 0 nitrogen and oxygen atoms in total. The second-order valence-corrected chi connectivity index (χ2v) is 0.577. The van der Waals surface area contributed by atoms with Crippen molar-refractivity contribution in [3.05, 3.63) is 40.5 Å². The molecule has 6 radical (unpaired) electrons. The van der Waals surface area contributed by atoms with Crippen molar-refractivity contribution in [2.75, 3.05) is 0 Å². The van der Waals surface area contributed by atoms with Crippen LogP contribution in [0.4, 0.5) is 0 Å². The molecule has 0 unspecified atom stereocenters. The molecule has 0 aromatic heterocycles. The molecule has 0 saturated heterocycles. The fourth-order valence-electron chi connectivity index (χ4n) is 0. The van der Waals surface area contributed by atoms with E-state index < -0.39 is 0 Å². The summed E-state index contributed by atoms with van der Waals surface area (Å²) >= 11 is 0. The van der Waals surface area contributed by atoms with Crippen LogP contribution in [0.25, 0.3) is 0 Å². The predicted octanol–water partition coefficient (Wildman–Crippen LogP) is -4.28. The summed E-state index contributed by atoms with van der Waals surface area (Å²) in [5, 5.41) is 0. The Bertz CT molecular complexity index is 13.0. The third-order valence-corrected chi connectivity index (χ3v) is 0. The summed E-state index contributed by atoms with van der Waals surface area (Å²) < 4.78 is 0. The second kappa shape index (κ2) is 59.7. The summed E-state index contributed by atoms with van der Waals surface area (Å²) in [5.41, 5.74) is 0. The first-order chi connectivity index (χ1) is 2.83. The van der Waals surface area contributed by atoms with Crippen molar-refractivity contribution < 1.29 is 45.2 Å². The van der Waals surface area contributed by atoms with Gasteiger partial charge in [0.25, 0.3) is 0 Å². The summed E-state index contributed by atoms with van der Waals surface area (Å²) in [4.78, 5) is 0. The molecular weight excluding hydrogens is 249 g/mol. The first-order valence-electron chi connectivity index (χ1n) is 1.63. The van der Waals surface area contributed by atoms with E-state index in [0.29, 0.717) is 0 Å². The zero-order chi connectivity index (χ0) is 5.41. The quantitative estimate of drug-likeness (QED) is 0.387. The molecule has 0 bridgehead atoms. The molecule has 0 rings (SSSR count). The van der Waals surface area contributed by atoms with Crippen LogP contribution >= 0.6 is 0 Å². The Kier molecular flexibility index (Phi) is 211. The van der Waals surface area contributed by atoms with E-state index in [2.05, 4.69) is 27.7 Å². The van der Waals surface area contributed by atoms with E-state index in [1.807, 2.05) is 0 Å². The van der Waals surface area contributed by atoms with Crippen molar-refractivity contribution in [3.63, 3.8) is 0 Å². The third kappa shape index (κ3) is 314. The first-order valence-corrected chi connectivity index (χ1v) is 1.63. The summed E-state index contributed by atoms with van der Waals surface area (Å²) in [6, 6.07) is 0. The van der Waals surface area contributed by atoms with Gasteiger partial charge in [0.05, 0.1) is 0 Å². The van der Waals surface area contributed by atoms with E-state index in [-0.39, 0.29) is 45.2 Å². The Hall–Kier alpha value is 1.24. The third-order valence-electron chi connectivity index (χ3n) is 0. The normalized spacial score (nSPS) is 4.00. The van der Waals surface area contributed by atoms with Crippen LogP contribution < -0.4 is 24.8 Å². The number of halogens is 2. The largest absolute Gasteiger partial charge is 1.00 e. The Morgan fingerprint density at radius 1 is 0.667 bits per heavy atom. The van der Waals surface area contributed by atoms with Crippen molar-refractivity contribution in [2.45, 2.75) is 0 Å². The molecule has 0 aromatic rings. The van der Waals surface area contributed by atoms with Gasteiger partial charge in [0.2, 0.25) is 0 Å². The number of hydrogen-bond donors (Lipinski definition) is 0. The van der Waals surface area contributed by atoms with Crippen molar-refractivity contribution in [1.82, 2.24) is 0 Å². The van der Waals surface area contributed by atoms with Gasteiger partial charge >= 0.3 is 0 Å². The molecule has 0 amide bonds. The molecule has 0 spiro atoms. The van der Waals surface area contributed by atoms with Gasteiger partial charge in [0.1, 0.15) is 0 Å². The molecule has 0 fully saturated rings. The van der Waals surface area contributed by atoms with Gasteiger partial charge in [-0.1, -0.05) is 0 Å². The Morgan fingerprint density at radius 2 is 0.667 bits per heavy atom. The number of hydrogen-bond acceptors (Lipinski definition) is 0. The molecule has 60 valence electrons. The van der Waals surface area contributed by atoms with Crippen LogP contribution in [0.3, 0.4) is 0 Å². The van der Waals surface area contributed by atoms with E-state index in [0.717, 1.165) is 0 Å². The maximum absolute atomic E-state index is 3.25. The molecule has 0 atom stereocenters. The van der Waals surface area contributed by atoms with Gasteiger partial charge in [-0.15, -0.1) is 0 Å². The Balaban J connectivity index is -0.00000000889. The molecule has 0 aromatic carbocycles. The summed E-state index contributed by atoms with van der Waals surface area (Å²) in [6.45, 7) is 13.0. The van der Waals surface area contributed by atoms with Gasteiger partial charge in [0.15, 0.2) is 0 Å². The van der Waals surface area contributed by atoms with Crippen molar-refractivity contribution in [2.24, 2.45) is 0 Å². The van der Waals surface area contributed by atoms with Crippen LogP contribution in [0.15, 0.2) is 0 Å². The first kappa shape index (κ1) is 31.8. The van der Waals surface area contributed by atoms with Crippen molar-refractivity contribution >= 4 is 0 Å². The molecule has 0 N–H and O–H groups in total. The molecule has 0 aliphatic carbocycles. The Labute approximate surface area is 85.7 Å². The van der Waals surface area contributed by atoms with E-state index in [4.69, 9.17) is 0 Å². The van der Waals surface area contributed by atoms with E-state index in [1.165, 1.54) is 12.8 Å². The van der Waals surface area contributed by atoms with Crippen LogP contribution in [0.1, 0.15) is 0 Å². The maximum atomic E-state index is 3.25. The maximum Gasteiger partial charge on any atom is 0 e. The van der Waals surface area contributed by atoms with Crippen LogP contribution in [0.5, 0.6) is 0 Å². The minimum absolute atomic E-state index is 0. The molecule has 3 heteroatoms. The van der Waals surface area contributed by atoms with E-state index in [9.17, 15) is 0 Å². The minimum Gasteiger partial charge on any atom is -1.00 e. The molecule has 0 heterocycles. The van der Waals surface area contributed by atoms with Gasteiger partial charge < -0.3 is 24.8 Å². The van der Waals surface area contributed by atoms with E-state index >= 15 is 0 Å². The van der Waals surface area contributed by atoms with Gasteiger partial charge in [-0.25, -0.2) is 0 Å². The van der Waals surface area contributed by atoms with Crippen LogP contribution in [0, 0.1) is 40.5 Å². The van der Waals surface area contributed by atoms with Crippen LogP contribution in [0.2, 0.25) is 0 Å². The van der Waals surface area contributed by atoms with Gasteiger partial charge in [-0.3, -0.25) is 0 Å². The summed E-state index contributed by atoms with van der Waals surface area (Å²) in [5.74, 6) is 0. The molecule has 0 aliphatic rings. The summed E-state index contributed by atoms with van der Waals surface area (Å²) in [7, 11) is 0. The van der Waals surface area contributed by atoms with Crippen LogP contribution in [-0.2, 0) is 20.4 Å². The van der Waals surface area contributed by atoms with Gasteiger partial charge in [-0.2, -0.15) is 0 Å². The molecule has 0 aliphatic heterocycles. The minimum atomic E-state index is 0. The molecular formula is C6H10Cl2Pd-2. The predicted molar refractivity (Wildman–Crippen MR) is 30.0 cm³/mol. The van der Waals surface area contributed by atoms with Crippen molar-refractivity contribution in [3.8, 4) is 0 Å². The van der Waals surface area contributed by atoms with Crippen molar-refractivity contribution in [1.29, 1.82) is 0 Å². The zero-order valence-corrected chi connectivity index (χ0v) is 8.12. The average molecular weight is 259 g/mol. The number of rotatable bonds is 0. The Morgan fingerprint density at radius 3 is 0.667 bits per heavy atom. The van der Waals surface area contributed by atoms with Gasteiger partial charge in [0, 0.05) is 20.4 Å². The second-order valence-electron chi connectivity index (χ2n) is 0.577. The SMILES string of the molecule is [CH2][CH][CH2].[CH2][CH][CH2].[Cl-].[Cl-].[Pd]. The molecule has 0 saturated carbocycles. The molecule has 9 heavy (non-hydrogen) atoms. The zero-order valence-electron chi connectivity index (χ0n) is 5.06. The topological polar surface area (TPSA) is 0 Å². The average Bonchev–Trinajstić information content (AvgIpc) is 1.39. The van der Waals surface area contributed by atoms with Crippen LogP contribution in [-0.4, -0.2) is 0 Å². The van der Waals surface area contributed by atoms with Gasteiger partial charge in [-0.05, 0) is 40.5 Å². The fraction of sp³-hybridized carbons (Fsp3) is 0. The fourth-order valence-corrected chi connectivity index (χ4v) is 0.